The summed E-state index contributed by atoms with van der Waals surface area (Å²) >= 11 is 0. The van der Waals surface area contributed by atoms with Crippen molar-refractivity contribution in [2.75, 3.05) is 19.8 Å². The molecule has 2 amide bonds. The van der Waals surface area contributed by atoms with Crippen LogP contribution in [0.5, 0.6) is 5.75 Å². The van der Waals surface area contributed by atoms with Crippen molar-refractivity contribution in [1.82, 2.24) is 14.8 Å². The van der Waals surface area contributed by atoms with Gasteiger partial charge in [0, 0.05) is 24.6 Å². The largest absolute Gasteiger partial charge is 0.507 e. The Balaban J connectivity index is 2.13. The summed E-state index contributed by atoms with van der Waals surface area (Å²) in [5.74, 6) is -3.39. The van der Waals surface area contributed by atoms with Gasteiger partial charge in [0.2, 0.25) is 5.91 Å². The molecule has 170 valence electrons. The standard InChI is InChI=1S/C20H21N3O8S/c1-22-10-14-13(7-15(22)24)18(27)17(19(28)21-8-16(25)26)20(29)23(14)9-11-3-5-12(6-4-11)32(2,30)31/h3-6,27H,7-10H2,1-2H3,(H,21,28)(H,25,26). The maximum atomic E-state index is 13.2. The van der Waals surface area contributed by atoms with Crippen molar-refractivity contribution in [3.63, 3.8) is 0 Å². The highest BCUT2D eigenvalue weighted by molar-refractivity contribution is 7.90. The lowest BCUT2D eigenvalue weighted by atomic mass is 9.99. The molecule has 2 aromatic rings. The molecule has 0 radical (unpaired) electrons. The fraction of sp³-hybridized carbons (Fsp3) is 0.300. The number of nitrogens with zero attached hydrogens (tertiary/aromatic N) is 2. The summed E-state index contributed by atoms with van der Waals surface area (Å²) in [5, 5.41) is 21.4. The lowest BCUT2D eigenvalue weighted by molar-refractivity contribution is -0.135. The Morgan fingerprint density at radius 2 is 1.78 bits per heavy atom. The van der Waals surface area contributed by atoms with E-state index in [1.54, 1.807) is 0 Å². The van der Waals surface area contributed by atoms with Crippen molar-refractivity contribution in [2.45, 2.75) is 24.4 Å². The summed E-state index contributed by atoms with van der Waals surface area (Å²) in [7, 11) is -1.88. The number of carboxylic acid groups (broad SMARTS) is 1. The van der Waals surface area contributed by atoms with Gasteiger partial charge in [-0.05, 0) is 17.7 Å². The summed E-state index contributed by atoms with van der Waals surface area (Å²) in [4.78, 5) is 50.1. The molecule has 3 rings (SSSR count). The minimum absolute atomic E-state index is 0.00934. The highest BCUT2D eigenvalue weighted by Gasteiger charge is 2.31. The summed E-state index contributed by atoms with van der Waals surface area (Å²) < 4.78 is 24.6. The number of nitrogens with one attached hydrogen (secondary N) is 1. The highest BCUT2D eigenvalue weighted by Crippen LogP contribution is 2.29. The molecule has 0 atom stereocenters. The average Bonchev–Trinajstić information content (AvgIpc) is 2.71. The minimum Gasteiger partial charge on any atom is -0.507 e. The van der Waals surface area contributed by atoms with Gasteiger partial charge in [-0.2, -0.15) is 0 Å². The van der Waals surface area contributed by atoms with Crippen LogP contribution in [0.2, 0.25) is 0 Å². The SMILES string of the molecule is CN1Cc2c(c(O)c(C(=O)NCC(=O)O)c(=O)n2Cc2ccc(S(C)(=O)=O)cc2)CC1=O. The number of pyridine rings is 1. The second-order valence-electron chi connectivity index (χ2n) is 7.46. The van der Waals surface area contributed by atoms with E-state index in [-0.39, 0.29) is 35.9 Å². The Kier molecular flexibility index (Phi) is 6.08. The Bertz CT molecular complexity index is 1280. The van der Waals surface area contributed by atoms with Crippen LogP contribution in [-0.4, -0.2) is 65.7 Å². The normalized spacial score (nSPS) is 13.6. The first kappa shape index (κ1) is 23.0. The van der Waals surface area contributed by atoms with Gasteiger partial charge in [0.05, 0.1) is 24.4 Å². The van der Waals surface area contributed by atoms with Gasteiger partial charge in [0.15, 0.2) is 9.84 Å². The second kappa shape index (κ2) is 8.46. The van der Waals surface area contributed by atoms with Crippen LogP contribution in [0.15, 0.2) is 34.0 Å². The van der Waals surface area contributed by atoms with Crippen molar-refractivity contribution in [3.05, 3.63) is 57.0 Å². The number of likely N-dealkylation sites (N-methyl/N-ethyl adjacent to an activating group) is 1. The third kappa shape index (κ3) is 4.49. The lowest BCUT2D eigenvalue weighted by Gasteiger charge is -2.29. The third-order valence-electron chi connectivity index (χ3n) is 5.12. The van der Waals surface area contributed by atoms with Crippen molar-refractivity contribution in [1.29, 1.82) is 0 Å². The number of aromatic nitrogens is 1. The number of amides is 2. The maximum Gasteiger partial charge on any atom is 0.322 e. The number of benzene rings is 1. The van der Waals surface area contributed by atoms with Crippen LogP contribution in [0.3, 0.4) is 0 Å². The Labute approximate surface area is 182 Å². The van der Waals surface area contributed by atoms with Crippen LogP contribution < -0.4 is 10.9 Å². The van der Waals surface area contributed by atoms with Crippen LogP contribution in [0.4, 0.5) is 0 Å². The smallest absolute Gasteiger partial charge is 0.322 e. The number of rotatable bonds is 6. The lowest BCUT2D eigenvalue weighted by Crippen LogP contribution is -2.41. The van der Waals surface area contributed by atoms with Crippen molar-refractivity contribution >= 4 is 27.6 Å². The van der Waals surface area contributed by atoms with Gasteiger partial charge in [-0.3, -0.25) is 19.2 Å². The molecule has 0 bridgehead atoms. The second-order valence-corrected chi connectivity index (χ2v) is 9.47. The molecule has 11 nitrogen and oxygen atoms in total. The Hall–Kier alpha value is -3.67. The van der Waals surface area contributed by atoms with Crippen molar-refractivity contribution in [3.8, 4) is 5.75 Å². The van der Waals surface area contributed by atoms with Gasteiger partial charge in [0.25, 0.3) is 11.5 Å². The van der Waals surface area contributed by atoms with E-state index < -0.39 is 45.1 Å². The molecule has 3 N–H and O–H groups in total. The summed E-state index contributed by atoms with van der Waals surface area (Å²) in [6.45, 7) is -0.814. The van der Waals surface area contributed by atoms with Crippen LogP contribution in [0.25, 0.3) is 0 Å². The van der Waals surface area contributed by atoms with Crippen LogP contribution in [0, 0.1) is 0 Å². The van der Waals surface area contributed by atoms with E-state index >= 15 is 0 Å². The Morgan fingerprint density at radius 3 is 2.34 bits per heavy atom. The summed E-state index contributed by atoms with van der Waals surface area (Å²) in [6.07, 6.45) is 0.821. The van der Waals surface area contributed by atoms with E-state index in [9.17, 15) is 32.7 Å². The van der Waals surface area contributed by atoms with Gasteiger partial charge < -0.3 is 25.0 Å². The van der Waals surface area contributed by atoms with Crippen LogP contribution >= 0.6 is 0 Å². The minimum atomic E-state index is -3.41. The van der Waals surface area contributed by atoms with E-state index in [1.165, 1.54) is 40.8 Å². The van der Waals surface area contributed by atoms with E-state index in [0.717, 1.165) is 6.26 Å². The number of carbonyl (C=O) groups is 3. The number of hydrogen-bond acceptors (Lipinski definition) is 7. The molecule has 12 heteroatoms. The van der Waals surface area contributed by atoms with E-state index in [4.69, 9.17) is 5.11 Å². The first-order chi connectivity index (χ1) is 14.9. The van der Waals surface area contributed by atoms with E-state index in [2.05, 4.69) is 0 Å². The molecule has 0 saturated carbocycles. The van der Waals surface area contributed by atoms with E-state index in [1.807, 2.05) is 5.32 Å². The van der Waals surface area contributed by atoms with Crippen LogP contribution in [0.1, 0.15) is 27.2 Å². The number of sulfone groups is 1. The molecule has 0 unspecified atom stereocenters. The topological polar surface area (TPSA) is 163 Å². The number of carbonyl (C=O) groups excluding carboxylic acids is 2. The number of aliphatic carboxylic acids is 1. The van der Waals surface area contributed by atoms with Crippen molar-refractivity contribution in [2.24, 2.45) is 0 Å². The summed E-state index contributed by atoms with van der Waals surface area (Å²) in [5.41, 5.74) is -0.532. The number of carboxylic acids is 1. The molecule has 0 fully saturated rings. The number of aromatic hydroxyl groups is 1. The molecule has 0 spiro atoms. The first-order valence-corrected chi connectivity index (χ1v) is 11.3. The first-order valence-electron chi connectivity index (χ1n) is 9.40. The maximum absolute atomic E-state index is 13.2. The zero-order valence-corrected chi connectivity index (χ0v) is 18.1. The number of hydrogen-bond donors (Lipinski definition) is 3. The number of fused-ring (bicyclic) bond motifs is 1. The molecule has 1 aliphatic rings. The van der Waals surface area contributed by atoms with Gasteiger partial charge >= 0.3 is 5.97 Å². The molecule has 1 aromatic carbocycles. The predicted octanol–water partition coefficient (Wildman–Crippen LogP) is -0.665. The fourth-order valence-electron chi connectivity index (χ4n) is 3.42. The third-order valence-corrected chi connectivity index (χ3v) is 6.24. The van der Waals surface area contributed by atoms with Gasteiger partial charge in [-0.1, -0.05) is 12.1 Å². The summed E-state index contributed by atoms with van der Waals surface area (Å²) in [6, 6.07) is 5.81. The monoisotopic (exact) mass is 463 g/mol. The molecule has 0 aliphatic carbocycles. The molecular formula is C20H21N3O8S. The molecule has 1 aliphatic heterocycles. The molecule has 2 heterocycles. The Morgan fingerprint density at radius 1 is 1.16 bits per heavy atom. The molecule has 1 aromatic heterocycles. The van der Waals surface area contributed by atoms with Crippen LogP contribution in [-0.2, 0) is 38.9 Å². The molecule has 0 saturated heterocycles. The van der Waals surface area contributed by atoms with E-state index in [0.29, 0.717) is 11.3 Å². The van der Waals surface area contributed by atoms with Gasteiger partial charge in [-0.25, -0.2) is 8.42 Å². The predicted molar refractivity (Wildman–Crippen MR) is 111 cm³/mol. The zero-order valence-electron chi connectivity index (χ0n) is 17.3. The van der Waals surface area contributed by atoms with Gasteiger partial charge in [0.1, 0.15) is 17.9 Å². The van der Waals surface area contributed by atoms with Crippen molar-refractivity contribution < 1.29 is 33.0 Å². The van der Waals surface area contributed by atoms with Gasteiger partial charge in [-0.15, -0.1) is 0 Å². The highest BCUT2D eigenvalue weighted by atomic mass is 32.2. The quantitative estimate of drug-likeness (QED) is 0.508. The molecular weight excluding hydrogens is 442 g/mol. The zero-order chi connectivity index (χ0) is 23.8. The molecule has 32 heavy (non-hydrogen) atoms. The average molecular weight is 463 g/mol. The fourth-order valence-corrected chi connectivity index (χ4v) is 4.05.